The maximum atomic E-state index is 13.0. The Hall–Kier alpha value is -2.05. The highest BCUT2D eigenvalue weighted by atomic mass is 35.5. The molecule has 1 atom stereocenters. The zero-order valence-electron chi connectivity index (χ0n) is 16.9. The number of nitrogens with zero attached hydrogens (tertiary/aromatic N) is 1. The van der Waals surface area contributed by atoms with Crippen molar-refractivity contribution in [1.82, 2.24) is 0 Å². The van der Waals surface area contributed by atoms with Gasteiger partial charge in [-0.3, -0.25) is 9.10 Å². The molecule has 0 unspecified atom stereocenters. The Morgan fingerprint density at radius 1 is 1.14 bits per heavy atom. The fourth-order valence-corrected chi connectivity index (χ4v) is 4.50. The molecule has 7 heteroatoms. The standard InChI is InChI=1S/C21H27ClN2O3S/c1-6-16-9-8-10-17(7-2)20(16)23-21(25)15(4)24(28(5,26)27)18-12-11-14(3)19(22)13-18/h8-13,15H,6-7H2,1-5H3,(H,23,25)/t15-/m0/s1. The number of halogens is 1. The molecule has 0 radical (unpaired) electrons. The van der Waals surface area contributed by atoms with Crippen LogP contribution in [0.15, 0.2) is 36.4 Å². The zero-order valence-corrected chi connectivity index (χ0v) is 18.5. The highest BCUT2D eigenvalue weighted by molar-refractivity contribution is 7.92. The first-order valence-electron chi connectivity index (χ1n) is 9.27. The molecule has 0 aliphatic carbocycles. The van der Waals surface area contributed by atoms with E-state index in [4.69, 9.17) is 11.6 Å². The second-order valence-corrected chi connectivity index (χ2v) is 9.08. The van der Waals surface area contributed by atoms with Crippen LogP contribution < -0.4 is 9.62 Å². The van der Waals surface area contributed by atoms with E-state index in [-0.39, 0.29) is 0 Å². The van der Waals surface area contributed by atoms with Crippen LogP contribution in [0, 0.1) is 6.92 Å². The van der Waals surface area contributed by atoms with Crippen LogP contribution in [-0.2, 0) is 27.7 Å². The number of carbonyl (C=O) groups excluding carboxylic acids is 1. The van der Waals surface area contributed by atoms with Gasteiger partial charge in [-0.25, -0.2) is 8.42 Å². The van der Waals surface area contributed by atoms with E-state index in [2.05, 4.69) is 5.32 Å². The molecule has 0 aliphatic heterocycles. The largest absolute Gasteiger partial charge is 0.324 e. The third-order valence-corrected chi connectivity index (χ3v) is 6.39. The predicted octanol–water partition coefficient (Wildman–Crippen LogP) is 4.57. The average Bonchev–Trinajstić information content (AvgIpc) is 2.63. The average molecular weight is 423 g/mol. The molecule has 0 saturated heterocycles. The maximum absolute atomic E-state index is 13.0. The van der Waals surface area contributed by atoms with Crippen molar-refractivity contribution in [2.45, 2.75) is 46.6 Å². The summed E-state index contributed by atoms with van der Waals surface area (Å²) in [5, 5.41) is 3.40. The number of hydrogen-bond donors (Lipinski definition) is 1. The quantitative estimate of drug-likeness (QED) is 0.710. The summed E-state index contributed by atoms with van der Waals surface area (Å²) in [5.41, 5.74) is 3.99. The molecule has 0 spiro atoms. The lowest BCUT2D eigenvalue weighted by Crippen LogP contribution is -2.45. The topological polar surface area (TPSA) is 66.5 Å². The minimum atomic E-state index is -3.70. The van der Waals surface area contributed by atoms with Gasteiger partial charge in [-0.15, -0.1) is 0 Å². The van der Waals surface area contributed by atoms with Gasteiger partial charge in [0.15, 0.2) is 0 Å². The Labute approximate surface area is 172 Å². The normalized spacial score (nSPS) is 12.5. The van der Waals surface area contributed by atoms with Crippen molar-refractivity contribution in [2.24, 2.45) is 0 Å². The molecule has 2 rings (SSSR count). The van der Waals surface area contributed by atoms with E-state index in [0.717, 1.165) is 45.8 Å². The highest BCUT2D eigenvalue weighted by Gasteiger charge is 2.30. The van der Waals surface area contributed by atoms with Gasteiger partial charge in [-0.2, -0.15) is 0 Å². The lowest BCUT2D eigenvalue weighted by Gasteiger charge is -2.29. The highest BCUT2D eigenvalue weighted by Crippen LogP contribution is 2.28. The van der Waals surface area contributed by atoms with Gasteiger partial charge in [0, 0.05) is 10.7 Å². The van der Waals surface area contributed by atoms with E-state index in [9.17, 15) is 13.2 Å². The minimum absolute atomic E-state index is 0.361. The molecular weight excluding hydrogens is 396 g/mol. The molecule has 5 nitrogen and oxygen atoms in total. The van der Waals surface area contributed by atoms with Crippen molar-refractivity contribution in [2.75, 3.05) is 15.9 Å². The monoisotopic (exact) mass is 422 g/mol. The van der Waals surface area contributed by atoms with Crippen LogP contribution in [0.5, 0.6) is 0 Å². The van der Waals surface area contributed by atoms with E-state index >= 15 is 0 Å². The van der Waals surface area contributed by atoms with Crippen LogP contribution >= 0.6 is 11.6 Å². The first-order chi connectivity index (χ1) is 13.1. The van der Waals surface area contributed by atoms with Crippen molar-refractivity contribution in [3.8, 4) is 0 Å². The number of para-hydroxylation sites is 1. The smallest absolute Gasteiger partial charge is 0.248 e. The number of hydrogen-bond acceptors (Lipinski definition) is 3. The van der Waals surface area contributed by atoms with Crippen LogP contribution in [0.3, 0.4) is 0 Å². The molecule has 2 aromatic rings. The number of amides is 1. The maximum Gasteiger partial charge on any atom is 0.248 e. The zero-order chi connectivity index (χ0) is 21.1. The Bertz CT molecular complexity index is 951. The number of nitrogens with one attached hydrogen (secondary N) is 1. The number of sulfonamides is 1. The predicted molar refractivity (Wildman–Crippen MR) is 117 cm³/mol. The summed E-state index contributed by atoms with van der Waals surface area (Å²) in [6.45, 7) is 7.45. The molecule has 0 fully saturated rings. The number of carbonyl (C=O) groups is 1. The molecular formula is C21H27ClN2O3S. The molecule has 28 heavy (non-hydrogen) atoms. The summed E-state index contributed by atoms with van der Waals surface area (Å²) in [6.07, 6.45) is 2.62. The van der Waals surface area contributed by atoms with Gasteiger partial charge in [0.1, 0.15) is 6.04 Å². The lowest BCUT2D eigenvalue weighted by molar-refractivity contribution is -0.116. The van der Waals surface area contributed by atoms with E-state index in [1.807, 2.05) is 39.0 Å². The fourth-order valence-electron chi connectivity index (χ4n) is 3.16. The molecule has 2 aromatic carbocycles. The van der Waals surface area contributed by atoms with Crippen LogP contribution in [0.25, 0.3) is 0 Å². The Kier molecular flexibility index (Phi) is 7.12. The number of aryl methyl sites for hydroxylation is 3. The fraction of sp³-hybridized carbons (Fsp3) is 0.381. The van der Waals surface area contributed by atoms with Gasteiger partial charge < -0.3 is 5.32 Å². The van der Waals surface area contributed by atoms with Gasteiger partial charge >= 0.3 is 0 Å². The van der Waals surface area contributed by atoms with Gasteiger partial charge in [-0.05, 0) is 55.5 Å². The third-order valence-electron chi connectivity index (χ3n) is 4.75. The van der Waals surface area contributed by atoms with Crippen molar-refractivity contribution in [1.29, 1.82) is 0 Å². The molecule has 0 heterocycles. The first-order valence-corrected chi connectivity index (χ1v) is 11.5. The van der Waals surface area contributed by atoms with Crippen LogP contribution in [0.4, 0.5) is 11.4 Å². The van der Waals surface area contributed by atoms with Crippen LogP contribution in [0.1, 0.15) is 37.5 Å². The molecule has 1 N–H and O–H groups in total. The third kappa shape index (κ3) is 4.86. The van der Waals surface area contributed by atoms with Crippen molar-refractivity contribution < 1.29 is 13.2 Å². The molecule has 0 aliphatic rings. The van der Waals surface area contributed by atoms with Crippen molar-refractivity contribution in [3.05, 3.63) is 58.1 Å². The Morgan fingerprint density at radius 2 is 1.71 bits per heavy atom. The molecule has 0 aromatic heterocycles. The van der Waals surface area contributed by atoms with Gasteiger partial charge in [0.2, 0.25) is 15.9 Å². The summed E-state index contributed by atoms with van der Waals surface area (Å²) in [7, 11) is -3.70. The Morgan fingerprint density at radius 3 is 2.18 bits per heavy atom. The first kappa shape index (κ1) is 22.2. The summed E-state index contributed by atoms with van der Waals surface area (Å²) in [6, 6.07) is 9.92. The SMILES string of the molecule is CCc1cccc(CC)c1NC(=O)[C@H](C)N(c1ccc(C)c(Cl)c1)S(C)(=O)=O. The van der Waals surface area contributed by atoms with Crippen molar-refractivity contribution in [3.63, 3.8) is 0 Å². The minimum Gasteiger partial charge on any atom is -0.324 e. The summed E-state index contributed by atoms with van der Waals surface area (Å²) >= 11 is 6.18. The molecule has 152 valence electrons. The Balaban J connectivity index is 2.42. The van der Waals surface area contributed by atoms with Crippen molar-refractivity contribution >= 4 is 38.9 Å². The lowest BCUT2D eigenvalue weighted by atomic mass is 10.0. The number of anilines is 2. The summed E-state index contributed by atoms with van der Waals surface area (Å²) in [4.78, 5) is 13.0. The van der Waals surface area contributed by atoms with Crippen LogP contribution in [-0.4, -0.2) is 26.6 Å². The molecule has 1 amide bonds. The molecule has 0 bridgehead atoms. The van der Waals surface area contributed by atoms with Gasteiger partial charge in [0.05, 0.1) is 11.9 Å². The summed E-state index contributed by atoms with van der Waals surface area (Å²) < 4.78 is 26.1. The van der Waals surface area contributed by atoms with Gasteiger partial charge in [0.25, 0.3) is 0 Å². The number of benzene rings is 2. The van der Waals surface area contributed by atoms with E-state index in [1.54, 1.807) is 25.1 Å². The van der Waals surface area contributed by atoms with E-state index < -0.39 is 22.0 Å². The molecule has 0 saturated carbocycles. The second-order valence-electron chi connectivity index (χ2n) is 6.82. The van der Waals surface area contributed by atoms with E-state index in [1.165, 1.54) is 0 Å². The van der Waals surface area contributed by atoms with Crippen LogP contribution in [0.2, 0.25) is 5.02 Å². The van der Waals surface area contributed by atoms with Gasteiger partial charge in [-0.1, -0.05) is 49.7 Å². The second kappa shape index (κ2) is 8.97. The van der Waals surface area contributed by atoms with E-state index in [0.29, 0.717) is 10.7 Å². The summed E-state index contributed by atoms with van der Waals surface area (Å²) in [5.74, 6) is -0.391. The number of rotatable bonds is 7.